The Morgan fingerprint density at radius 2 is 1.83 bits per heavy atom. The molecule has 2 aromatic heterocycles. The second kappa shape index (κ2) is 11.6. The highest BCUT2D eigenvalue weighted by atomic mass is 32.2. The van der Waals surface area contributed by atoms with Crippen LogP contribution in [0.1, 0.15) is 62.5 Å². The Labute approximate surface area is 217 Å². The van der Waals surface area contributed by atoms with E-state index in [1.807, 2.05) is 44.4 Å². The smallest absolute Gasteiger partial charge is 0.341 e. The van der Waals surface area contributed by atoms with Crippen LogP contribution in [0.5, 0.6) is 5.75 Å². The molecule has 0 spiro atoms. The van der Waals surface area contributed by atoms with Crippen LogP contribution in [0.4, 0.5) is 5.00 Å². The van der Waals surface area contributed by atoms with E-state index in [1.54, 1.807) is 6.92 Å². The van der Waals surface area contributed by atoms with E-state index >= 15 is 0 Å². The van der Waals surface area contributed by atoms with E-state index in [2.05, 4.69) is 21.6 Å². The number of thioether (sulfide) groups is 1. The summed E-state index contributed by atoms with van der Waals surface area (Å²) in [6.07, 6.45) is -0.356. The van der Waals surface area contributed by atoms with Crippen molar-refractivity contribution in [3.05, 3.63) is 51.2 Å². The molecule has 3 rings (SSSR count). The zero-order chi connectivity index (χ0) is 26.6. The number of methoxy groups -OCH3 is 1. The van der Waals surface area contributed by atoms with Gasteiger partial charge >= 0.3 is 5.97 Å². The molecule has 192 valence electrons. The first-order chi connectivity index (χ1) is 17.0. The molecular formula is C24H29N5O5S2. The molecule has 2 amide bonds. The minimum atomic E-state index is -0.682. The van der Waals surface area contributed by atoms with E-state index in [9.17, 15) is 14.4 Å². The molecule has 0 saturated carbocycles. The largest absolute Gasteiger partial charge is 0.483 e. The number of aryl methyl sites for hydroxylation is 2. The molecule has 0 radical (unpaired) electrons. The van der Waals surface area contributed by atoms with Crippen molar-refractivity contribution in [3.8, 4) is 5.75 Å². The average molecular weight is 532 g/mol. The highest BCUT2D eigenvalue weighted by Gasteiger charge is 2.26. The number of nitrogens with one attached hydrogen (secondary N) is 1. The highest BCUT2D eigenvalue weighted by molar-refractivity contribution is 7.99. The van der Waals surface area contributed by atoms with Crippen LogP contribution in [-0.2, 0) is 16.1 Å². The number of hydrogen-bond donors (Lipinski definition) is 2. The number of benzene rings is 1. The van der Waals surface area contributed by atoms with Crippen molar-refractivity contribution in [2.75, 3.05) is 18.2 Å². The number of amides is 2. The Kier molecular flexibility index (Phi) is 8.75. The molecular weight excluding hydrogens is 502 g/mol. The van der Waals surface area contributed by atoms with Crippen LogP contribution < -0.4 is 15.8 Å². The first-order valence-corrected chi connectivity index (χ1v) is 13.0. The molecule has 0 fully saturated rings. The van der Waals surface area contributed by atoms with Crippen LogP contribution in [0.3, 0.4) is 0 Å². The number of anilines is 1. The summed E-state index contributed by atoms with van der Waals surface area (Å²) in [6, 6.07) is 6.01. The van der Waals surface area contributed by atoms with Gasteiger partial charge in [0.15, 0.2) is 17.1 Å². The van der Waals surface area contributed by atoms with Gasteiger partial charge in [0.1, 0.15) is 10.8 Å². The summed E-state index contributed by atoms with van der Waals surface area (Å²) in [4.78, 5) is 36.8. The molecule has 0 aliphatic heterocycles. The van der Waals surface area contributed by atoms with E-state index in [0.717, 1.165) is 28.2 Å². The summed E-state index contributed by atoms with van der Waals surface area (Å²) in [7, 11) is 1.23. The van der Waals surface area contributed by atoms with Gasteiger partial charge < -0.3 is 25.1 Å². The highest BCUT2D eigenvalue weighted by Crippen LogP contribution is 2.34. The molecule has 0 aliphatic rings. The lowest BCUT2D eigenvalue weighted by molar-refractivity contribution is -0.113. The van der Waals surface area contributed by atoms with Gasteiger partial charge in [-0.2, -0.15) is 0 Å². The first kappa shape index (κ1) is 27.2. The van der Waals surface area contributed by atoms with Gasteiger partial charge in [0.25, 0.3) is 5.91 Å². The number of esters is 1. The van der Waals surface area contributed by atoms with E-state index in [0.29, 0.717) is 23.1 Å². The van der Waals surface area contributed by atoms with Gasteiger partial charge in [-0.3, -0.25) is 9.59 Å². The van der Waals surface area contributed by atoms with Crippen molar-refractivity contribution in [2.45, 2.75) is 52.4 Å². The average Bonchev–Trinajstić information content (AvgIpc) is 3.37. The van der Waals surface area contributed by atoms with Crippen LogP contribution in [0, 0.1) is 20.8 Å². The number of hydrogen-bond acceptors (Lipinski definition) is 9. The summed E-state index contributed by atoms with van der Waals surface area (Å²) in [5.74, 6) is -0.317. The molecule has 12 heteroatoms. The SMILES string of the molecule is CCn1c(SCC(=O)Nc2sc(C(N)=O)c(C)c2C(=O)OC)nnc1C(C)Oc1cc(C)cc(C)c1. The number of rotatable bonds is 10. The van der Waals surface area contributed by atoms with Crippen LogP contribution in [0.2, 0.25) is 0 Å². The molecule has 10 nitrogen and oxygen atoms in total. The lowest BCUT2D eigenvalue weighted by Crippen LogP contribution is -2.17. The zero-order valence-corrected chi connectivity index (χ0v) is 22.6. The van der Waals surface area contributed by atoms with Crippen LogP contribution in [0.15, 0.2) is 23.4 Å². The van der Waals surface area contributed by atoms with Gasteiger partial charge in [0.05, 0.1) is 23.3 Å². The fourth-order valence-corrected chi connectivity index (χ4v) is 5.61. The summed E-state index contributed by atoms with van der Waals surface area (Å²) < 4.78 is 12.8. The Balaban J connectivity index is 1.72. The fraction of sp³-hybridized carbons (Fsp3) is 0.375. The Bertz CT molecular complexity index is 1280. The number of carbonyl (C=O) groups excluding carboxylic acids is 3. The number of primary amides is 1. The van der Waals surface area contributed by atoms with Crippen molar-refractivity contribution in [2.24, 2.45) is 5.73 Å². The number of carbonyl (C=O) groups is 3. The fourth-order valence-electron chi connectivity index (χ4n) is 3.74. The molecule has 0 aliphatic carbocycles. The maximum atomic E-state index is 12.7. The number of aromatic nitrogens is 3. The lowest BCUT2D eigenvalue weighted by atomic mass is 10.1. The van der Waals surface area contributed by atoms with Crippen molar-refractivity contribution >= 4 is 45.9 Å². The van der Waals surface area contributed by atoms with Gasteiger partial charge in [0, 0.05) is 6.54 Å². The van der Waals surface area contributed by atoms with Gasteiger partial charge in [-0.1, -0.05) is 17.8 Å². The molecule has 3 N–H and O–H groups in total. The van der Waals surface area contributed by atoms with E-state index in [1.165, 1.54) is 18.9 Å². The second-order valence-electron chi connectivity index (χ2n) is 8.12. The second-order valence-corrected chi connectivity index (χ2v) is 10.1. The minimum Gasteiger partial charge on any atom is -0.483 e. The summed E-state index contributed by atoms with van der Waals surface area (Å²) in [5.41, 5.74) is 8.10. The van der Waals surface area contributed by atoms with Crippen LogP contribution in [-0.4, -0.2) is 45.4 Å². The molecule has 1 aromatic carbocycles. The third-order valence-electron chi connectivity index (χ3n) is 5.28. The minimum absolute atomic E-state index is 0.00785. The summed E-state index contributed by atoms with van der Waals surface area (Å²) in [6.45, 7) is 10.1. The topological polar surface area (TPSA) is 138 Å². The van der Waals surface area contributed by atoms with Gasteiger partial charge in [-0.05, 0) is 63.4 Å². The Morgan fingerprint density at radius 1 is 1.17 bits per heavy atom. The first-order valence-electron chi connectivity index (χ1n) is 11.2. The van der Waals surface area contributed by atoms with E-state index in [-0.39, 0.29) is 33.2 Å². The number of nitrogens with two attached hydrogens (primary N) is 1. The monoisotopic (exact) mass is 531 g/mol. The van der Waals surface area contributed by atoms with Crippen molar-refractivity contribution in [3.63, 3.8) is 0 Å². The molecule has 0 bridgehead atoms. The van der Waals surface area contributed by atoms with E-state index in [4.69, 9.17) is 15.2 Å². The van der Waals surface area contributed by atoms with Crippen LogP contribution >= 0.6 is 23.1 Å². The summed E-state index contributed by atoms with van der Waals surface area (Å²) >= 11 is 2.14. The number of thiophene rings is 1. The predicted molar refractivity (Wildman–Crippen MR) is 139 cm³/mol. The molecule has 1 atom stereocenters. The maximum Gasteiger partial charge on any atom is 0.341 e. The summed E-state index contributed by atoms with van der Waals surface area (Å²) in [5, 5.41) is 12.0. The molecule has 2 heterocycles. The maximum absolute atomic E-state index is 12.7. The normalized spacial score (nSPS) is 11.7. The Morgan fingerprint density at radius 3 is 2.42 bits per heavy atom. The molecule has 1 unspecified atom stereocenters. The quantitative estimate of drug-likeness (QED) is 0.295. The van der Waals surface area contributed by atoms with Crippen LogP contribution in [0.25, 0.3) is 0 Å². The number of nitrogens with zero attached hydrogens (tertiary/aromatic N) is 3. The standard InChI is InChI=1S/C24H29N5O5S2/c1-7-29-21(15(5)34-16-9-12(2)8-13(3)10-16)27-28-24(29)35-11-17(30)26-22-18(23(32)33-6)14(4)19(36-22)20(25)31/h8-10,15H,7,11H2,1-6H3,(H2,25,31)(H,26,30). The third kappa shape index (κ3) is 6.05. The van der Waals surface area contributed by atoms with Gasteiger partial charge in [0.2, 0.25) is 5.91 Å². The van der Waals surface area contributed by atoms with Crippen molar-refractivity contribution in [1.82, 2.24) is 14.8 Å². The predicted octanol–water partition coefficient (Wildman–Crippen LogP) is 4.04. The third-order valence-corrected chi connectivity index (χ3v) is 7.47. The molecule has 0 saturated heterocycles. The van der Waals surface area contributed by atoms with Crippen molar-refractivity contribution in [1.29, 1.82) is 0 Å². The molecule has 36 heavy (non-hydrogen) atoms. The lowest BCUT2D eigenvalue weighted by Gasteiger charge is -2.16. The van der Waals surface area contributed by atoms with Crippen molar-refractivity contribution < 1.29 is 23.9 Å². The Hall–Kier alpha value is -3.38. The van der Waals surface area contributed by atoms with Gasteiger partial charge in [-0.25, -0.2) is 4.79 Å². The molecule has 3 aromatic rings. The zero-order valence-electron chi connectivity index (χ0n) is 21.0. The van der Waals surface area contributed by atoms with Gasteiger partial charge in [-0.15, -0.1) is 21.5 Å². The number of ether oxygens (including phenoxy) is 2. The van der Waals surface area contributed by atoms with E-state index < -0.39 is 11.9 Å².